The Morgan fingerprint density at radius 3 is 2.75 bits per heavy atom. The van der Waals surface area contributed by atoms with Crippen LogP contribution in [0, 0.1) is 0 Å². The molecule has 1 rings (SSSR count). The van der Waals surface area contributed by atoms with Crippen molar-refractivity contribution in [3.63, 3.8) is 0 Å². The summed E-state index contributed by atoms with van der Waals surface area (Å²) in [6.07, 6.45) is 1.76. The molecule has 0 aromatic heterocycles. The quantitative estimate of drug-likeness (QED) is 0.564. The van der Waals surface area contributed by atoms with Gasteiger partial charge in [-0.25, -0.2) is 0 Å². The van der Waals surface area contributed by atoms with E-state index in [2.05, 4.69) is 18.6 Å². The topological polar surface area (TPSA) is 66.8 Å². The summed E-state index contributed by atoms with van der Waals surface area (Å²) in [6, 6.07) is 0. The van der Waals surface area contributed by atoms with Crippen LogP contribution >= 0.6 is 35.4 Å². The van der Waals surface area contributed by atoms with Crippen LogP contribution < -0.4 is 0 Å². The minimum atomic E-state index is -4.31. The van der Waals surface area contributed by atoms with Gasteiger partial charge in [0.1, 0.15) is 0 Å². The number of hydrogen-bond acceptors (Lipinski definition) is 2. The van der Waals surface area contributed by atoms with Crippen LogP contribution in [0.1, 0.15) is 0 Å². The van der Waals surface area contributed by atoms with E-state index in [-0.39, 0.29) is 2.58 Å². The predicted molar refractivity (Wildman–Crippen MR) is 50.3 cm³/mol. The Bertz CT molecular complexity index is 253. The van der Waals surface area contributed by atoms with Gasteiger partial charge in [-0.15, -0.1) is 0 Å². The van der Waals surface area contributed by atoms with Gasteiger partial charge in [0.05, 0.1) is 0 Å². The van der Waals surface area contributed by atoms with Gasteiger partial charge in [0.15, 0.2) is 0 Å². The van der Waals surface area contributed by atoms with Gasteiger partial charge in [-0.3, -0.25) is 0 Å². The summed E-state index contributed by atoms with van der Waals surface area (Å²) >= 11 is 6.34. The number of phosphoric acid groups is 1. The Morgan fingerprint density at radius 1 is 1.83 bits per heavy atom. The van der Waals surface area contributed by atoms with Crippen molar-refractivity contribution in [2.24, 2.45) is 0 Å². The summed E-state index contributed by atoms with van der Waals surface area (Å²) in [7, 11) is -4.31. The van der Waals surface area contributed by atoms with Crippen LogP contribution in [0.2, 0.25) is 4.18 Å². The molecule has 1 heterocycles. The van der Waals surface area contributed by atoms with Crippen molar-refractivity contribution < 1.29 is 17.0 Å². The molecule has 0 fully saturated rings. The Morgan fingerprint density at radius 2 is 2.42 bits per heavy atom. The molecule has 1 aliphatic heterocycles. The summed E-state index contributed by atoms with van der Waals surface area (Å²) < 4.78 is 15.7. The molecule has 68 valence electrons. The number of hydrogen-bond donors (Lipinski definition) is 2. The fraction of sp³-hybridized carbons (Fsp3) is 0.500. The van der Waals surface area contributed by atoms with E-state index in [1.165, 1.54) is 0 Å². The van der Waals surface area contributed by atoms with Crippen molar-refractivity contribution in [2.75, 3.05) is 0 Å². The molecule has 0 aromatic carbocycles. The van der Waals surface area contributed by atoms with Gasteiger partial charge >= 0.3 is 92.1 Å². The van der Waals surface area contributed by atoms with Crippen LogP contribution in [-0.4, -0.2) is 34.2 Å². The molecule has 0 amide bonds. The Hall–Kier alpha value is 1.49. The van der Waals surface area contributed by atoms with Crippen LogP contribution in [0.4, 0.5) is 0 Å². The van der Waals surface area contributed by atoms with Crippen molar-refractivity contribution in [1.29, 1.82) is 0 Å². The number of allylic oxidation sites excluding steroid dienone is 2. The third-order valence-electron chi connectivity index (χ3n) is 1.41. The fourth-order valence-electron chi connectivity index (χ4n) is 0.911. The number of alkyl halides is 1. The van der Waals surface area contributed by atoms with E-state index in [0.717, 1.165) is 0 Å². The van der Waals surface area contributed by atoms with Gasteiger partial charge in [-0.05, 0) is 0 Å². The maximum absolute atomic E-state index is 10.5. The third kappa shape index (κ3) is 3.33. The van der Waals surface area contributed by atoms with Crippen molar-refractivity contribution in [2.45, 2.75) is 6.76 Å². The van der Waals surface area contributed by atoms with Gasteiger partial charge in [-0.1, -0.05) is 0 Å². The molecule has 0 radical (unpaired) electrons. The molecule has 0 aromatic rings. The summed E-state index contributed by atoms with van der Waals surface area (Å²) in [4.78, 5) is 17.1. The van der Waals surface area contributed by atoms with Crippen LogP contribution in [0.25, 0.3) is 0 Å². The Kier molecular flexibility index (Phi) is 4.18. The molecule has 4 nitrogen and oxygen atoms in total. The first-order chi connectivity index (χ1) is 5.40. The average molecular weight is 379 g/mol. The van der Waals surface area contributed by atoms with Crippen molar-refractivity contribution in [3.05, 3.63) is 11.1 Å². The molecule has 0 saturated carbocycles. The van der Waals surface area contributed by atoms with E-state index in [9.17, 15) is 4.57 Å². The van der Waals surface area contributed by atoms with Gasteiger partial charge in [0.25, 0.3) is 0 Å². The SMILES string of the molecule is O=P(O)(O)[O][In]1[CH2]C=C(Cl)[CH]1Br. The standard InChI is InChI=1S/C4H4BrCl.In.H3O4P/c1-2-4(6)3-5;;1-5(2,3)4/h2-3H,1H2;;(H3,1,2,3,4)/q;+1;/p-1. The van der Waals surface area contributed by atoms with Gasteiger partial charge in [0, 0.05) is 0 Å². The maximum atomic E-state index is 10.5. The first kappa shape index (κ1) is 11.6. The molecule has 0 bridgehead atoms. The fourth-order valence-corrected chi connectivity index (χ4v) is 14.6. The van der Waals surface area contributed by atoms with Crippen LogP contribution in [0.5, 0.6) is 0 Å². The van der Waals surface area contributed by atoms with Crippen molar-refractivity contribution in [3.8, 4) is 0 Å². The molecule has 12 heavy (non-hydrogen) atoms. The summed E-state index contributed by atoms with van der Waals surface area (Å²) in [5, 5.41) is 0.615. The van der Waals surface area contributed by atoms with E-state index in [4.69, 9.17) is 21.4 Å². The monoisotopic (exact) mass is 378 g/mol. The Labute approximate surface area is 91.4 Å². The van der Waals surface area contributed by atoms with E-state index in [0.29, 0.717) is 9.21 Å². The first-order valence-electron chi connectivity index (χ1n) is 3.14. The molecule has 2 N–H and O–H groups in total. The summed E-state index contributed by atoms with van der Waals surface area (Å²) in [5.74, 6) is 0. The van der Waals surface area contributed by atoms with Gasteiger partial charge in [-0.2, -0.15) is 0 Å². The van der Waals surface area contributed by atoms with E-state index < -0.39 is 29.7 Å². The van der Waals surface area contributed by atoms with Gasteiger partial charge < -0.3 is 0 Å². The first-order valence-corrected chi connectivity index (χ1v) is 11.5. The molecule has 0 spiro atoms. The second-order valence-corrected chi connectivity index (χ2v) is 15.9. The molecular weight excluding hydrogens is 373 g/mol. The zero-order valence-electron chi connectivity index (χ0n) is 5.85. The van der Waals surface area contributed by atoms with Gasteiger partial charge in [0.2, 0.25) is 0 Å². The van der Waals surface area contributed by atoms with Crippen LogP contribution in [0.3, 0.4) is 0 Å². The second kappa shape index (κ2) is 4.34. The zero-order valence-corrected chi connectivity index (χ0v) is 12.4. The molecule has 0 saturated heterocycles. The average Bonchev–Trinajstić information content (AvgIpc) is 2.16. The number of halogens is 2. The summed E-state index contributed by atoms with van der Waals surface area (Å²) in [5.41, 5.74) is 0. The Balaban J connectivity index is 2.54. The molecule has 1 aliphatic rings. The third-order valence-corrected chi connectivity index (χ3v) is 17.2. The van der Waals surface area contributed by atoms with E-state index >= 15 is 0 Å². The van der Waals surface area contributed by atoms with Crippen LogP contribution in [-0.2, 0) is 7.21 Å². The summed E-state index contributed by atoms with van der Waals surface area (Å²) in [6.45, 7) is 0. The minimum absolute atomic E-state index is 0.103. The normalized spacial score (nSPS) is 24.5. The molecule has 1 atom stereocenters. The van der Waals surface area contributed by atoms with E-state index in [1.54, 1.807) is 6.08 Å². The predicted octanol–water partition coefficient (Wildman–Crippen LogP) is 1.53. The molecule has 8 heteroatoms. The van der Waals surface area contributed by atoms with Crippen molar-refractivity contribution >= 4 is 57.2 Å². The second-order valence-electron chi connectivity index (χ2n) is 2.36. The zero-order chi connectivity index (χ0) is 9.35. The molecule has 1 unspecified atom stereocenters. The van der Waals surface area contributed by atoms with Crippen LogP contribution in [0.15, 0.2) is 11.1 Å². The molecular formula is C4H6BrClInO4P. The van der Waals surface area contributed by atoms with Crippen molar-refractivity contribution in [1.82, 2.24) is 0 Å². The number of rotatable bonds is 2. The molecule has 0 aliphatic carbocycles. The van der Waals surface area contributed by atoms with E-state index in [1.807, 2.05) is 0 Å².